The summed E-state index contributed by atoms with van der Waals surface area (Å²) in [5, 5.41) is 9.95. The molecule has 4 rings (SSSR count). The van der Waals surface area contributed by atoms with Crippen molar-refractivity contribution >= 4 is 34.6 Å². The molecule has 0 aliphatic carbocycles. The van der Waals surface area contributed by atoms with Crippen LogP contribution in [0.4, 0.5) is 23.5 Å². The number of methoxy groups -OCH3 is 5. The molecule has 14 nitrogen and oxygen atoms in total. The van der Waals surface area contributed by atoms with E-state index in [9.17, 15) is 5.11 Å². The second-order valence-corrected chi connectivity index (χ2v) is 11.0. The molecule has 2 aliphatic rings. The van der Waals surface area contributed by atoms with Crippen LogP contribution in [0.5, 0.6) is 0 Å². The van der Waals surface area contributed by atoms with Crippen molar-refractivity contribution in [1.29, 1.82) is 0 Å². The first-order valence-electron chi connectivity index (χ1n) is 15.3. The lowest BCUT2D eigenvalue weighted by Crippen LogP contribution is -2.38. The molecule has 242 valence electrons. The molecule has 2 aromatic rings. The fourth-order valence-corrected chi connectivity index (χ4v) is 5.59. The normalized spacial score (nSPS) is 17.8. The highest BCUT2D eigenvalue weighted by molar-refractivity contribution is 5.95. The maximum Gasteiger partial charge on any atom is 0.228 e. The number of hydrogen-bond donors (Lipinski definition) is 1. The van der Waals surface area contributed by atoms with Gasteiger partial charge in [0, 0.05) is 100 Å². The van der Waals surface area contributed by atoms with Gasteiger partial charge in [-0.2, -0.15) is 9.97 Å². The smallest absolute Gasteiger partial charge is 0.228 e. The molecule has 1 atom stereocenters. The van der Waals surface area contributed by atoms with E-state index in [1.807, 2.05) is 0 Å². The van der Waals surface area contributed by atoms with Gasteiger partial charge in [-0.1, -0.05) is 0 Å². The van der Waals surface area contributed by atoms with E-state index in [4.69, 9.17) is 43.6 Å². The molecule has 2 aromatic heterocycles. The molecule has 1 unspecified atom stereocenters. The molecule has 2 saturated heterocycles. The first-order chi connectivity index (χ1) is 21.1. The molecule has 0 aromatic carbocycles. The van der Waals surface area contributed by atoms with Gasteiger partial charge in [0.1, 0.15) is 11.0 Å². The Morgan fingerprint density at radius 1 is 0.651 bits per heavy atom. The average Bonchev–Trinajstić information content (AvgIpc) is 3.53. The minimum absolute atomic E-state index is 0.141. The Balaban J connectivity index is 1.91. The summed E-state index contributed by atoms with van der Waals surface area (Å²) in [6.07, 6.45) is 2.91. The molecule has 2 fully saturated rings. The van der Waals surface area contributed by atoms with Crippen LogP contribution < -0.4 is 19.6 Å². The number of nitrogens with zero attached hydrogens (tertiary/aromatic N) is 8. The summed E-state index contributed by atoms with van der Waals surface area (Å²) < 4.78 is 27.4. The van der Waals surface area contributed by atoms with E-state index < -0.39 is 0 Å². The zero-order chi connectivity index (χ0) is 30.6. The quantitative estimate of drug-likeness (QED) is 0.259. The van der Waals surface area contributed by atoms with Gasteiger partial charge in [-0.15, -0.1) is 0 Å². The Morgan fingerprint density at radius 2 is 1.09 bits per heavy atom. The lowest BCUT2D eigenvalue weighted by Gasteiger charge is -2.34. The summed E-state index contributed by atoms with van der Waals surface area (Å²) in [5.74, 6) is 2.91. The zero-order valence-electron chi connectivity index (χ0n) is 26.5. The lowest BCUT2D eigenvalue weighted by atomic mass is 10.1. The van der Waals surface area contributed by atoms with Crippen molar-refractivity contribution < 1.29 is 28.8 Å². The third-order valence-electron chi connectivity index (χ3n) is 8.23. The van der Waals surface area contributed by atoms with Crippen LogP contribution in [0.25, 0.3) is 11.0 Å². The Hall–Kier alpha value is -2.62. The second kappa shape index (κ2) is 17.0. The summed E-state index contributed by atoms with van der Waals surface area (Å²) in [4.78, 5) is 29.3. The standard InChI is InChI=1S/C29H50N8O6/c1-39-16-12-35(13-17-40-2)28-31-25-24(26(32-28)34-10-7-23(43-5)8-11-34)30-29(36(14-18-41-3)15-19-42-4)33-27(25)37-9-6-22(20-37)21-38/h22-23,38H,6-21H2,1-5H3. The maximum absolute atomic E-state index is 9.95. The summed E-state index contributed by atoms with van der Waals surface area (Å²) >= 11 is 0. The van der Waals surface area contributed by atoms with E-state index in [1.165, 1.54) is 0 Å². The summed E-state index contributed by atoms with van der Waals surface area (Å²) in [7, 11) is 8.54. The van der Waals surface area contributed by atoms with E-state index in [-0.39, 0.29) is 18.6 Å². The van der Waals surface area contributed by atoms with Gasteiger partial charge in [0.2, 0.25) is 11.9 Å². The fraction of sp³-hybridized carbons (Fsp3) is 0.793. The third-order valence-corrected chi connectivity index (χ3v) is 8.23. The number of rotatable bonds is 18. The molecular formula is C29H50N8O6. The van der Waals surface area contributed by atoms with Gasteiger partial charge in [-0.05, 0) is 19.3 Å². The number of aliphatic hydroxyl groups excluding tert-OH is 1. The van der Waals surface area contributed by atoms with Crippen molar-refractivity contribution in [3.63, 3.8) is 0 Å². The summed E-state index contributed by atoms with van der Waals surface area (Å²) in [6, 6.07) is 0. The van der Waals surface area contributed by atoms with Gasteiger partial charge < -0.3 is 48.4 Å². The highest BCUT2D eigenvalue weighted by Gasteiger charge is 2.30. The molecule has 0 spiro atoms. The van der Waals surface area contributed by atoms with Crippen molar-refractivity contribution in [2.75, 3.05) is 141 Å². The van der Waals surface area contributed by atoms with Crippen LogP contribution in [0.3, 0.4) is 0 Å². The number of fused-ring (bicyclic) bond motifs is 1. The van der Waals surface area contributed by atoms with Crippen LogP contribution in [0.15, 0.2) is 0 Å². The predicted octanol–water partition coefficient (Wildman–Crippen LogP) is 1.05. The molecule has 43 heavy (non-hydrogen) atoms. The number of aliphatic hydroxyl groups is 1. The van der Waals surface area contributed by atoms with Crippen LogP contribution >= 0.6 is 0 Å². The number of hydrogen-bond acceptors (Lipinski definition) is 14. The van der Waals surface area contributed by atoms with Crippen LogP contribution in [-0.2, 0) is 23.7 Å². The van der Waals surface area contributed by atoms with Gasteiger partial charge in [-0.3, -0.25) is 0 Å². The van der Waals surface area contributed by atoms with E-state index in [1.54, 1.807) is 35.5 Å². The highest BCUT2D eigenvalue weighted by atomic mass is 16.5. The predicted molar refractivity (Wildman–Crippen MR) is 167 cm³/mol. The maximum atomic E-state index is 9.95. The van der Waals surface area contributed by atoms with Crippen LogP contribution in [0.2, 0.25) is 0 Å². The number of ether oxygens (including phenoxy) is 5. The molecule has 2 aliphatic heterocycles. The Labute approximate surface area is 255 Å². The monoisotopic (exact) mass is 606 g/mol. The third kappa shape index (κ3) is 8.52. The van der Waals surface area contributed by atoms with Gasteiger partial charge in [0.25, 0.3) is 0 Å². The zero-order valence-corrected chi connectivity index (χ0v) is 26.5. The molecule has 0 bridgehead atoms. The summed E-state index contributed by atoms with van der Waals surface area (Å²) in [5.41, 5.74) is 1.42. The number of aromatic nitrogens is 4. The van der Waals surface area contributed by atoms with E-state index >= 15 is 0 Å². The SMILES string of the molecule is COCCN(CCOC)c1nc(N2CCC(CO)C2)c2nc(N(CCOC)CCOC)nc(N3CCC(OC)CC3)c2n1. The van der Waals surface area contributed by atoms with Crippen LogP contribution in [0.1, 0.15) is 19.3 Å². The molecule has 0 amide bonds. The first kappa shape index (κ1) is 33.3. The highest BCUT2D eigenvalue weighted by Crippen LogP contribution is 2.35. The lowest BCUT2D eigenvalue weighted by molar-refractivity contribution is 0.0818. The van der Waals surface area contributed by atoms with Crippen LogP contribution in [0, 0.1) is 5.92 Å². The van der Waals surface area contributed by atoms with Gasteiger partial charge >= 0.3 is 0 Å². The van der Waals surface area contributed by atoms with Gasteiger partial charge in [0.15, 0.2) is 11.6 Å². The fourth-order valence-electron chi connectivity index (χ4n) is 5.59. The molecule has 14 heteroatoms. The summed E-state index contributed by atoms with van der Waals surface area (Å²) in [6.45, 7) is 7.76. The molecule has 0 saturated carbocycles. The average molecular weight is 607 g/mol. The molecule has 4 heterocycles. The molecule has 1 N–H and O–H groups in total. The molecule has 0 radical (unpaired) electrons. The Bertz CT molecular complexity index is 1110. The number of piperidine rings is 1. The first-order valence-corrected chi connectivity index (χ1v) is 15.3. The van der Waals surface area contributed by atoms with Crippen molar-refractivity contribution in [3.05, 3.63) is 0 Å². The molecular weight excluding hydrogens is 556 g/mol. The topological polar surface area (TPSA) is 131 Å². The minimum atomic E-state index is 0.141. The van der Waals surface area contributed by atoms with Crippen molar-refractivity contribution in [3.8, 4) is 0 Å². The van der Waals surface area contributed by atoms with E-state index in [0.29, 0.717) is 82.1 Å². The van der Waals surface area contributed by atoms with Crippen molar-refractivity contribution in [2.45, 2.75) is 25.4 Å². The van der Waals surface area contributed by atoms with E-state index in [0.717, 1.165) is 50.5 Å². The second-order valence-electron chi connectivity index (χ2n) is 11.0. The largest absolute Gasteiger partial charge is 0.396 e. The Morgan fingerprint density at radius 3 is 1.49 bits per heavy atom. The minimum Gasteiger partial charge on any atom is -0.396 e. The Kier molecular flexibility index (Phi) is 13.2. The van der Waals surface area contributed by atoms with Crippen molar-refractivity contribution in [1.82, 2.24) is 19.9 Å². The van der Waals surface area contributed by atoms with Crippen LogP contribution in [-0.4, -0.2) is 152 Å². The van der Waals surface area contributed by atoms with Gasteiger partial charge in [0.05, 0.1) is 32.5 Å². The van der Waals surface area contributed by atoms with Crippen molar-refractivity contribution in [2.24, 2.45) is 5.92 Å². The van der Waals surface area contributed by atoms with E-state index in [2.05, 4.69) is 19.6 Å². The number of anilines is 4. The van der Waals surface area contributed by atoms with Gasteiger partial charge in [-0.25, -0.2) is 9.97 Å².